The van der Waals surface area contributed by atoms with E-state index in [0.717, 1.165) is 11.1 Å². The molecular weight excluding hydrogens is 368 g/mol. The number of benzene rings is 2. The maximum absolute atomic E-state index is 13.1. The van der Waals surface area contributed by atoms with E-state index in [1.807, 2.05) is 60.7 Å². The van der Waals surface area contributed by atoms with Crippen LogP contribution in [0.1, 0.15) is 30.9 Å². The summed E-state index contributed by atoms with van der Waals surface area (Å²) >= 11 is 0. The Morgan fingerprint density at radius 2 is 1.55 bits per heavy atom. The largest absolute Gasteiger partial charge is 0.455 e. The first-order valence-electron chi connectivity index (χ1n) is 9.80. The summed E-state index contributed by atoms with van der Waals surface area (Å²) in [5.74, 6) is -0.756. The first-order valence-corrected chi connectivity index (χ1v) is 9.80. The molecule has 0 saturated carbocycles. The monoisotopic (exact) mass is 394 g/mol. The van der Waals surface area contributed by atoms with E-state index in [0.29, 0.717) is 32.5 Å². The van der Waals surface area contributed by atoms with Gasteiger partial charge in [-0.15, -0.1) is 0 Å². The van der Waals surface area contributed by atoms with E-state index in [9.17, 15) is 14.4 Å². The van der Waals surface area contributed by atoms with Gasteiger partial charge in [-0.25, -0.2) is 0 Å². The molecular formula is C23H26N2O4. The molecule has 1 fully saturated rings. The van der Waals surface area contributed by atoms with Gasteiger partial charge in [-0.3, -0.25) is 14.4 Å². The number of esters is 1. The molecule has 6 nitrogen and oxygen atoms in total. The van der Waals surface area contributed by atoms with Crippen LogP contribution in [-0.2, 0) is 31.1 Å². The molecule has 0 bridgehead atoms. The van der Waals surface area contributed by atoms with Crippen molar-refractivity contribution in [3.05, 3.63) is 71.8 Å². The minimum Gasteiger partial charge on any atom is -0.455 e. The lowest BCUT2D eigenvalue weighted by Gasteiger charge is -2.40. The molecule has 2 amide bonds. The van der Waals surface area contributed by atoms with Crippen LogP contribution in [0.5, 0.6) is 0 Å². The van der Waals surface area contributed by atoms with Crippen LogP contribution in [0.2, 0.25) is 0 Å². The van der Waals surface area contributed by atoms with Gasteiger partial charge in [0.15, 0.2) is 6.61 Å². The average molecular weight is 394 g/mol. The van der Waals surface area contributed by atoms with E-state index >= 15 is 0 Å². The van der Waals surface area contributed by atoms with Crippen LogP contribution in [0, 0.1) is 0 Å². The molecule has 2 aromatic carbocycles. The van der Waals surface area contributed by atoms with Crippen LogP contribution >= 0.6 is 0 Å². The van der Waals surface area contributed by atoms with E-state index in [2.05, 4.69) is 5.32 Å². The molecule has 0 aliphatic carbocycles. The Morgan fingerprint density at radius 1 is 0.966 bits per heavy atom. The van der Waals surface area contributed by atoms with E-state index in [1.54, 1.807) is 4.90 Å². The minimum absolute atomic E-state index is 0.000295. The third-order valence-electron chi connectivity index (χ3n) is 5.45. The molecule has 1 aliphatic rings. The summed E-state index contributed by atoms with van der Waals surface area (Å²) in [4.78, 5) is 38.6. The fourth-order valence-corrected chi connectivity index (χ4v) is 3.69. The van der Waals surface area contributed by atoms with E-state index in [-0.39, 0.29) is 18.4 Å². The standard InChI is InChI=1S/C23H26N2O4/c1-18(26)25-14-12-23(13-15-25,20-10-6-3-7-11-20)22(28)29-17-21(27)24-16-19-8-4-2-5-9-19/h2-11H,12-17H2,1H3,(H,24,27). The second kappa shape index (κ2) is 9.37. The summed E-state index contributed by atoms with van der Waals surface area (Å²) in [6.07, 6.45) is 0.947. The van der Waals surface area contributed by atoms with Crippen LogP contribution in [-0.4, -0.2) is 42.4 Å². The normalized spacial score (nSPS) is 15.4. The van der Waals surface area contributed by atoms with E-state index < -0.39 is 11.4 Å². The summed E-state index contributed by atoms with van der Waals surface area (Å²) in [6.45, 7) is 2.56. The van der Waals surface area contributed by atoms with Crippen molar-refractivity contribution in [2.24, 2.45) is 0 Å². The summed E-state index contributed by atoms with van der Waals surface area (Å²) < 4.78 is 5.43. The van der Waals surface area contributed by atoms with Crippen LogP contribution in [0.3, 0.4) is 0 Å². The average Bonchev–Trinajstić information content (AvgIpc) is 2.77. The summed E-state index contributed by atoms with van der Waals surface area (Å²) in [6, 6.07) is 19.0. The summed E-state index contributed by atoms with van der Waals surface area (Å²) in [7, 11) is 0. The van der Waals surface area contributed by atoms with Gasteiger partial charge in [0.05, 0.1) is 5.41 Å². The number of hydrogen-bond acceptors (Lipinski definition) is 4. The molecule has 1 aliphatic heterocycles. The molecule has 1 N–H and O–H groups in total. The van der Waals surface area contributed by atoms with E-state index in [4.69, 9.17) is 4.74 Å². The fraction of sp³-hybridized carbons (Fsp3) is 0.348. The summed E-state index contributed by atoms with van der Waals surface area (Å²) in [5, 5.41) is 2.76. The predicted octanol–water partition coefficient (Wildman–Crippen LogP) is 2.43. The Labute approximate surface area is 170 Å². The van der Waals surface area contributed by atoms with Gasteiger partial charge in [-0.05, 0) is 24.0 Å². The van der Waals surface area contributed by atoms with Gasteiger partial charge in [-0.2, -0.15) is 0 Å². The molecule has 0 unspecified atom stereocenters. The van der Waals surface area contributed by atoms with Crippen LogP contribution in [0.15, 0.2) is 60.7 Å². The van der Waals surface area contributed by atoms with E-state index in [1.165, 1.54) is 6.92 Å². The number of piperidine rings is 1. The molecule has 0 atom stereocenters. The van der Waals surface area contributed by atoms with Crippen molar-refractivity contribution in [2.45, 2.75) is 31.7 Å². The third-order valence-corrected chi connectivity index (χ3v) is 5.45. The number of nitrogens with zero attached hydrogens (tertiary/aromatic N) is 1. The zero-order valence-electron chi connectivity index (χ0n) is 16.6. The maximum atomic E-state index is 13.1. The first kappa shape index (κ1) is 20.6. The highest BCUT2D eigenvalue weighted by atomic mass is 16.5. The first-order chi connectivity index (χ1) is 14.0. The lowest BCUT2D eigenvalue weighted by atomic mass is 9.72. The van der Waals surface area contributed by atoms with Crippen LogP contribution in [0.4, 0.5) is 0 Å². The molecule has 152 valence electrons. The number of carbonyl (C=O) groups excluding carboxylic acids is 3. The van der Waals surface area contributed by atoms with Crippen molar-refractivity contribution in [2.75, 3.05) is 19.7 Å². The van der Waals surface area contributed by atoms with Gasteiger partial charge < -0.3 is 15.0 Å². The number of hydrogen-bond donors (Lipinski definition) is 1. The topological polar surface area (TPSA) is 75.7 Å². The number of rotatable bonds is 6. The van der Waals surface area contributed by atoms with Gasteiger partial charge in [0.2, 0.25) is 5.91 Å². The van der Waals surface area contributed by atoms with Crippen molar-refractivity contribution in [1.82, 2.24) is 10.2 Å². The molecule has 0 spiro atoms. The molecule has 29 heavy (non-hydrogen) atoms. The van der Waals surface area contributed by atoms with Crippen molar-refractivity contribution >= 4 is 17.8 Å². The maximum Gasteiger partial charge on any atom is 0.317 e. The number of ether oxygens (including phenoxy) is 1. The number of likely N-dealkylation sites (tertiary alicyclic amines) is 1. The zero-order chi connectivity index (χ0) is 20.7. The van der Waals surface area contributed by atoms with Crippen molar-refractivity contribution in [1.29, 1.82) is 0 Å². The second-order valence-corrected chi connectivity index (χ2v) is 7.29. The lowest BCUT2D eigenvalue weighted by molar-refractivity contribution is -0.157. The SMILES string of the molecule is CC(=O)N1CCC(C(=O)OCC(=O)NCc2ccccc2)(c2ccccc2)CC1. The Bertz CT molecular complexity index is 844. The van der Waals surface area contributed by atoms with Crippen molar-refractivity contribution in [3.63, 3.8) is 0 Å². The highest BCUT2D eigenvalue weighted by Crippen LogP contribution is 2.37. The molecule has 1 saturated heterocycles. The van der Waals surface area contributed by atoms with Gasteiger partial charge in [0, 0.05) is 26.6 Å². The quantitative estimate of drug-likeness (QED) is 0.764. The zero-order valence-corrected chi connectivity index (χ0v) is 16.6. The number of carbonyl (C=O) groups is 3. The van der Waals surface area contributed by atoms with Crippen LogP contribution in [0.25, 0.3) is 0 Å². The summed E-state index contributed by atoms with van der Waals surface area (Å²) in [5.41, 5.74) is 0.995. The number of amides is 2. The molecule has 3 rings (SSSR count). The lowest BCUT2D eigenvalue weighted by Crippen LogP contribution is -2.49. The number of nitrogens with one attached hydrogen (secondary N) is 1. The highest BCUT2D eigenvalue weighted by molar-refractivity contribution is 5.87. The smallest absolute Gasteiger partial charge is 0.317 e. The molecule has 2 aromatic rings. The second-order valence-electron chi connectivity index (χ2n) is 7.29. The fourth-order valence-electron chi connectivity index (χ4n) is 3.69. The molecule has 6 heteroatoms. The van der Waals surface area contributed by atoms with Gasteiger partial charge in [-0.1, -0.05) is 60.7 Å². The molecule has 1 heterocycles. The molecule has 0 aromatic heterocycles. The van der Waals surface area contributed by atoms with Crippen LogP contribution < -0.4 is 5.32 Å². The molecule has 0 radical (unpaired) electrons. The predicted molar refractivity (Wildman–Crippen MR) is 109 cm³/mol. The van der Waals surface area contributed by atoms with Crippen molar-refractivity contribution in [3.8, 4) is 0 Å². The Balaban J connectivity index is 1.63. The van der Waals surface area contributed by atoms with Gasteiger partial charge >= 0.3 is 5.97 Å². The Kier molecular flexibility index (Phi) is 6.65. The van der Waals surface area contributed by atoms with Gasteiger partial charge in [0.1, 0.15) is 0 Å². The van der Waals surface area contributed by atoms with Gasteiger partial charge in [0.25, 0.3) is 5.91 Å². The third kappa shape index (κ3) is 5.02. The highest BCUT2D eigenvalue weighted by Gasteiger charge is 2.44. The van der Waals surface area contributed by atoms with Crippen molar-refractivity contribution < 1.29 is 19.1 Å². The minimum atomic E-state index is -0.840. The Morgan fingerprint density at radius 3 is 2.14 bits per heavy atom. The Hall–Kier alpha value is -3.15.